The third kappa shape index (κ3) is 8.67. The van der Waals surface area contributed by atoms with Crippen LogP contribution >= 0.6 is 0 Å². The molecule has 0 amide bonds. The van der Waals surface area contributed by atoms with E-state index >= 15 is 0 Å². The van der Waals surface area contributed by atoms with Crippen molar-refractivity contribution in [2.75, 3.05) is 0 Å². The first-order valence-electron chi connectivity index (χ1n) is 5.88. The molecule has 0 aromatic heterocycles. The van der Waals surface area contributed by atoms with Crippen molar-refractivity contribution < 1.29 is 38.2 Å². The van der Waals surface area contributed by atoms with Gasteiger partial charge in [0.1, 0.15) is 12.6 Å². The SMILES string of the molecule is O=CCCCC(=O)OC(=O)C(=O)OC(=O)CCCC=O. The number of aldehydes is 2. The lowest BCUT2D eigenvalue weighted by atomic mass is 10.2. The van der Waals surface area contributed by atoms with Crippen LogP contribution in [0.1, 0.15) is 38.5 Å². The molecule has 0 saturated heterocycles. The molecule has 0 N–H and O–H groups in total. The van der Waals surface area contributed by atoms with Gasteiger partial charge in [0.25, 0.3) is 0 Å². The Kier molecular flexibility index (Phi) is 9.28. The Bertz CT molecular complexity index is 360. The van der Waals surface area contributed by atoms with Gasteiger partial charge in [-0.05, 0) is 12.8 Å². The first-order valence-corrected chi connectivity index (χ1v) is 5.88. The molecule has 0 fully saturated rings. The summed E-state index contributed by atoms with van der Waals surface area (Å²) in [6.07, 6.45) is 1.43. The summed E-state index contributed by atoms with van der Waals surface area (Å²) in [5.41, 5.74) is 0. The normalized spacial score (nSPS) is 9.40. The maximum atomic E-state index is 11.1. The monoisotopic (exact) mass is 286 g/mol. The van der Waals surface area contributed by atoms with Crippen LogP contribution < -0.4 is 0 Å². The van der Waals surface area contributed by atoms with Gasteiger partial charge < -0.3 is 19.1 Å². The molecule has 0 unspecified atom stereocenters. The van der Waals surface area contributed by atoms with Crippen LogP contribution in [0.2, 0.25) is 0 Å². The van der Waals surface area contributed by atoms with Crippen LogP contribution in [0.5, 0.6) is 0 Å². The van der Waals surface area contributed by atoms with E-state index in [1.54, 1.807) is 0 Å². The number of hydrogen-bond donors (Lipinski definition) is 0. The lowest BCUT2D eigenvalue weighted by Gasteiger charge is -2.02. The molecule has 8 heteroatoms. The number of hydrogen-bond acceptors (Lipinski definition) is 8. The van der Waals surface area contributed by atoms with Crippen molar-refractivity contribution in [2.24, 2.45) is 0 Å². The Morgan fingerprint density at radius 1 is 0.700 bits per heavy atom. The van der Waals surface area contributed by atoms with Crippen LogP contribution in [-0.2, 0) is 38.2 Å². The molecule has 0 aliphatic rings. The zero-order valence-corrected chi connectivity index (χ0v) is 10.7. The van der Waals surface area contributed by atoms with E-state index in [9.17, 15) is 28.8 Å². The van der Waals surface area contributed by atoms with Crippen molar-refractivity contribution in [3.63, 3.8) is 0 Å². The predicted octanol–water partition coefficient (Wildman–Crippen LogP) is -0.136. The second-order valence-electron chi connectivity index (χ2n) is 3.64. The first-order chi connectivity index (χ1) is 9.51. The van der Waals surface area contributed by atoms with E-state index in [4.69, 9.17) is 0 Å². The summed E-state index contributed by atoms with van der Waals surface area (Å²) in [5, 5.41) is 0. The van der Waals surface area contributed by atoms with Crippen molar-refractivity contribution in [3.8, 4) is 0 Å². The average molecular weight is 286 g/mol. The molecule has 0 rings (SSSR count). The summed E-state index contributed by atoms with van der Waals surface area (Å²) in [5.74, 6) is -5.15. The molecule has 20 heavy (non-hydrogen) atoms. The minimum atomic E-state index is -1.59. The van der Waals surface area contributed by atoms with Crippen molar-refractivity contribution >= 4 is 36.4 Å². The summed E-state index contributed by atoms with van der Waals surface area (Å²) in [7, 11) is 0. The summed E-state index contributed by atoms with van der Waals surface area (Å²) < 4.78 is 8.22. The van der Waals surface area contributed by atoms with E-state index in [2.05, 4.69) is 9.47 Å². The Morgan fingerprint density at radius 2 is 1.05 bits per heavy atom. The number of carbonyl (C=O) groups excluding carboxylic acids is 6. The minimum absolute atomic E-state index is 0.128. The van der Waals surface area contributed by atoms with Crippen molar-refractivity contribution in [2.45, 2.75) is 38.5 Å². The third-order valence-corrected chi connectivity index (χ3v) is 1.99. The highest BCUT2D eigenvalue weighted by Gasteiger charge is 2.23. The fourth-order valence-electron chi connectivity index (χ4n) is 1.05. The van der Waals surface area contributed by atoms with Gasteiger partial charge >= 0.3 is 23.9 Å². The fourth-order valence-corrected chi connectivity index (χ4v) is 1.05. The Hall–Kier alpha value is -2.38. The maximum absolute atomic E-state index is 11.1. The molecule has 0 aromatic carbocycles. The number of rotatable bonds is 8. The van der Waals surface area contributed by atoms with Gasteiger partial charge in [0.2, 0.25) is 0 Å². The standard InChI is InChI=1S/C12H14O8/c13-7-3-1-5-9(15)19-11(17)12(18)20-10(16)6-2-4-8-14/h7-8H,1-6H2. The number of carbonyl (C=O) groups is 6. The predicted molar refractivity (Wildman–Crippen MR) is 62.0 cm³/mol. The van der Waals surface area contributed by atoms with E-state index in [0.29, 0.717) is 12.6 Å². The third-order valence-electron chi connectivity index (χ3n) is 1.99. The summed E-state index contributed by atoms with van der Waals surface area (Å²) >= 11 is 0. The van der Waals surface area contributed by atoms with E-state index in [0.717, 1.165) is 0 Å². The largest absolute Gasteiger partial charge is 0.425 e. The van der Waals surface area contributed by atoms with Gasteiger partial charge in [0.15, 0.2) is 0 Å². The van der Waals surface area contributed by atoms with Gasteiger partial charge in [-0.2, -0.15) is 0 Å². The van der Waals surface area contributed by atoms with E-state index in [-0.39, 0.29) is 38.5 Å². The smallest absolute Gasteiger partial charge is 0.384 e. The fraction of sp³-hybridized carbons (Fsp3) is 0.500. The van der Waals surface area contributed by atoms with Crippen LogP contribution in [0.3, 0.4) is 0 Å². The molecule has 0 heterocycles. The van der Waals surface area contributed by atoms with Crippen molar-refractivity contribution in [1.82, 2.24) is 0 Å². The average Bonchev–Trinajstić information content (AvgIpc) is 2.39. The Balaban J connectivity index is 3.99. The molecule has 0 bridgehead atoms. The van der Waals surface area contributed by atoms with Gasteiger partial charge in [0, 0.05) is 25.7 Å². The molecule has 0 radical (unpaired) electrons. The molecule has 0 spiro atoms. The highest BCUT2D eigenvalue weighted by molar-refractivity contribution is 6.33. The molecule has 0 aliphatic heterocycles. The topological polar surface area (TPSA) is 121 Å². The van der Waals surface area contributed by atoms with Gasteiger partial charge in [-0.3, -0.25) is 9.59 Å². The van der Waals surface area contributed by atoms with Crippen LogP contribution in [0.4, 0.5) is 0 Å². The van der Waals surface area contributed by atoms with Gasteiger partial charge in [-0.1, -0.05) is 0 Å². The number of unbranched alkanes of at least 4 members (excludes halogenated alkanes) is 2. The zero-order chi connectivity index (χ0) is 15.4. The highest BCUT2D eigenvalue weighted by Crippen LogP contribution is 1.99. The van der Waals surface area contributed by atoms with Crippen LogP contribution in [-0.4, -0.2) is 36.4 Å². The van der Waals surface area contributed by atoms with Gasteiger partial charge in [0.05, 0.1) is 0 Å². The first kappa shape index (κ1) is 17.6. The van der Waals surface area contributed by atoms with E-state index < -0.39 is 23.9 Å². The zero-order valence-electron chi connectivity index (χ0n) is 10.7. The molecule has 8 nitrogen and oxygen atoms in total. The number of ether oxygens (including phenoxy) is 2. The highest BCUT2D eigenvalue weighted by atomic mass is 16.6. The molecule has 110 valence electrons. The molecule has 0 aliphatic carbocycles. The summed E-state index contributed by atoms with van der Waals surface area (Å²) in [6, 6.07) is 0. The van der Waals surface area contributed by atoms with Crippen LogP contribution in [0, 0.1) is 0 Å². The van der Waals surface area contributed by atoms with Crippen molar-refractivity contribution in [1.29, 1.82) is 0 Å². The number of esters is 4. The summed E-state index contributed by atoms with van der Waals surface area (Å²) in [4.78, 5) is 64.2. The lowest BCUT2D eigenvalue weighted by Crippen LogP contribution is -2.25. The van der Waals surface area contributed by atoms with Gasteiger partial charge in [-0.25, -0.2) is 9.59 Å². The molecular formula is C12H14O8. The van der Waals surface area contributed by atoms with Crippen molar-refractivity contribution in [3.05, 3.63) is 0 Å². The molecular weight excluding hydrogens is 272 g/mol. The lowest BCUT2D eigenvalue weighted by molar-refractivity contribution is -0.177. The molecule has 0 aromatic rings. The second kappa shape index (κ2) is 10.5. The Morgan fingerprint density at radius 3 is 1.35 bits per heavy atom. The second-order valence-corrected chi connectivity index (χ2v) is 3.64. The Labute approximate surface area is 114 Å². The quantitative estimate of drug-likeness (QED) is 0.199. The summed E-state index contributed by atoms with van der Waals surface area (Å²) in [6.45, 7) is 0. The maximum Gasteiger partial charge on any atom is 0.425 e. The van der Waals surface area contributed by atoms with Crippen LogP contribution in [0.25, 0.3) is 0 Å². The van der Waals surface area contributed by atoms with Crippen LogP contribution in [0.15, 0.2) is 0 Å². The van der Waals surface area contributed by atoms with E-state index in [1.165, 1.54) is 0 Å². The molecule has 0 atom stereocenters. The van der Waals surface area contributed by atoms with Gasteiger partial charge in [-0.15, -0.1) is 0 Å². The minimum Gasteiger partial charge on any atom is -0.384 e. The van der Waals surface area contributed by atoms with E-state index in [1.807, 2.05) is 0 Å². The molecule has 0 saturated carbocycles.